The highest BCUT2D eigenvalue weighted by Crippen LogP contribution is 2.26. The van der Waals surface area contributed by atoms with Gasteiger partial charge in [0.15, 0.2) is 35.6 Å². The summed E-state index contributed by atoms with van der Waals surface area (Å²) in [5.41, 5.74) is -0.458. The van der Waals surface area contributed by atoms with Crippen molar-refractivity contribution in [3.8, 4) is 5.75 Å². The molecule has 4 N–H and O–H groups in total. The standard InChI is InChI=1S/C24H26F4N4O7/c1-3-15(32-7-5-6-13(24(32)37)31-23-22(39-23)29-4-2)21(36)30-14(9-17(34)35)16(33)10-38-20-18(27)11(25)8-12(26)19(20)28/h5-8,14-15,22-23,29,31H,3-4,9-10H2,1-2H3,(H,30,36)(H,34,35)/t14-,15-,22?,23?/m0/s1. The van der Waals surface area contributed by atoms with E-state index in [0.717, 1.165) is 4.57 Å². The average Bonchev–Trinajstić information content (AvgIpc) is 3.62. The van der Waals surface area contributed by atoms with Crippen LogP contribution in [0.4, 0.5) is 23.2 Å². The number of aromatic nitrogens is 1. The van der Waals surface area contributed by atoms with Crippen LogP contribution in [0.25, 0.3) is 0 Å². The van der Waals surface area contributed by atoms with E-state index in [2.05, 4.69) is 20.7 Å². The molecule has 0 bridgehead atoms. The Labute approximate surface area is 219 Å². The average molecular weight is 558 g/mol. The van der Waals surface area contributed by atoms with E-state index >= 15 is 0 Å². The fraction of sp³-hybridized carbons (Fsp3) is 0.417. The maximum atomic E-state index is 13.8. The lowest BCUT2D eigenvalue weighted by Crippen LogP contribution is -2.48. The van der Waals surface area contributed by atoms with E-state index in [1.807, 2.05) is 6.92 Å². The highest BCUT2D eigenvalue weighted by Gasteiger charge is 2.39. The fourth-order valence-electron chi connectivity index (χ4n) is 3.72. The van der Waals surface area contributed by atoms with Crippen molar-refractivity contribution in [3.63, 3.8) is 0 Å². The van der Waals surface area contributed by atoms with Gasteiger partial charge in [-0.25, -0.2) is 8.78 Å². The van der Waals surface area contributed by atoms with Gasteiger partial charge >= 0.3 is 5.97 Å². The van der Waals surface area contributed by atoms with Crippen LogP contribution < -0.4 is 26.2 Å². The molecule has 11 nitrogen and oxygen atoms in total. The number of benzene rings is 1. The molecule has 1 aromatic heterocycles. The smallest absolute Gasteiger partial charge is 0.305 e. The molecule has 2 aromatic rings. The van der Waals surface area contributed by atoms with Gasteiger partial charge in [0.05, 0.1) is 6.42 Å². The number of rotatable bonds is 14. The van der Waals surface area contributed by atoms with Gasteiger partial charge in [-0.1, -0.05) is 13.8 Å². The second-order valence-corrected chi connectivity index (χ2v) is 8.45. The highest BCUT2D eigenvalue weighted by atomic mass is 19.2. The first-order valence-corrected chi connectivity index (χ1v) is 11.9. The highest BCUT2D eigenvalue weighted by molar-refractivity contribution is 5.93. The monoisotopic (exact) mass is 558 g/mol. The van der Waals surface area contributed by atoms with Gasteiger partial charge in [-0.05, 0) is 25.1 Å². The third kappa shape index (κ3) is 7.11. The van der Waals surface area contributed by atoms with Gasteiger partial charge in [0.1, 0.15) is 24.4 Å². The SMILES string of the molecule is CCNC1OC1Nc1cccn([C@@H](CC)C(=O)N[C@@H](CC(=O)O)C(=O)COc2c(F)c(F)cc(F)c2F)c1=O. The van der Waals surface area contributed by atoms with Crippen molar-refractivity contribution >= 4 is 23.3 Å². The van der Waals surface area contributed by atoms with E-state index in [9.17, 15) is 41.8 Å². The van der Waals surface area contributed by atoms with Crippen LogP contribution in [-0.4, -0.2) is 59.0 Å². The number of pyridine rings is 1. The molecular weight excluding hydrogens is 532 g/mol. The van der Waals surface area contributed by atoms with E-state index in [-0.39, 0.29) is 24.4 Å². The summed E-state index contributed by atoms with van der Waals surface area (Å²) in [6, 6.07) is -0.00969. The van der Waals surface area contributed by atoms with Crippen LogP contribution in [-0.2, 0) is 19.1 Å². The summed E-state index contributed by atoms with van der Waals surface area (Å²) in [6.45, 7) is 2.87. The summed E-state index contributed by atoms with van der Waals surface area (Å²) in [5, 5.41) is 17.3. The number of amides is 1. The predicted octanol–water partition coefficient (Wildman–Crippen LogP) is 1.67. The number of anilines is 1. The molecule has 39 heavy (non-hydrogen) atoms. The molecule has 0 spiro atoms. The number of hydrogen-bond acceptors (Lipinski definition) is 8. The molecule has 1 aliphatic heterocycles. The lowest BCUT2D eigenvalue weighted by Gasteiger charge is -2.22. The lowest BCUT2D eigenvalue weighted by atomic mass is 10.1. The molecule has 4 atom stereocenters. The number of carboxylic acids is 1. The molecule has 0 aliphatic carbocycles. The van der Waals surface area contributed by atoms with E-state index in [1.165, 1.54) is 18.3 Å². The Morgan fingerprint density at radius 1 is 1.13 bits per heavy atom. The number of aliphatic carboxylic acids is 1. The largest absolute Gasteiger partial charge is 0.481 e. The molecule has 0 saturated carbocycles. The van der Waals surface area contributed by atoms with Crippen molar-refractivity contribution in [1.82, 2.24) is 15.2 Å². The number of carbonyl (C=O) groups is 3. The van der Waals surface area contributed by atoms with Crippen molar-refractivity contribution in [1.29, 1.82) is 0 Å². The number of carbonyl (C=O) groups excluding carboxylic acids is 2. The molecular formula is C24H26F4N4O7. The van der Waals surface area contributed by atoms with Gasteiger partial charge in [0.25, 0.3) is 5.56 Å². The van der Waals surface area contributed by atoms with Crippen molar-refractivity contribution in [2.45, 2.75) is 51.2 Å². The zero-order chi connectivity index (χ0) is 28.9. The number of likely N-dealkylation sites (N-methyl/N-ethyl adjacent to an activating group) is 1. The number of Topliss-reactive ketones (excluding diaryl/α,β-unsaturated/α-hetero) is 1. The first kappa shape index (κ1) is 29.6. The number of ketones is 1. The van der Waals surface area contributed by atoms with E-state index in [0.29, 0.717) is 6.54 Å². The molecule has 15 heteroatoms. The Balaban J connectivity index is 1.75. The molecule has 3 rings (SSSR count). The van der Waals surface area contributed by atoms with Crippen LogP contribution in [0.15, 0.2) is 29.2 Å². The van der Waals surface area contributed by atoms with Gasteiger partial charge in [-0.15, -0.1) is 0 Å². The molecule has 0 radical (unpaired) electrons. The summed E-state index contributed by atoms with van der Waals surface area (Å²) in [5.74, 6) is -12.4. The number of ether oxygens (including phenoxy) is 2. The van der Waals surface area contributed by atoms with Crippen LogP contribution in [0.3, 0.4) is 0 Å². The van der Waals surface area contributed by atoms with Crippen LogP contribution in [0.1, 0.15) is 32.7 Å². The van der Waals surface area contributed by atoms with Gasteiger partial charge in [-0.2, -0.15) is 8.78 Å². The Hall–Kier alpha value is -3.98. The van der Waals surface area contributed by atoms with E-state index in [4.69, 9.17) is 4.74 Å². The summed E-state index contributed by atoms with van der Waals surface area (Å²) in [7, 11) is 0. The third-order valence-electron chi connectivity index (χ3n) is 5.71. The Morgan fingerprint density at radius 2 is 1.79 bits per heavy atom. The van der Waals surface area contributed by atoms with Crippen molar-refractivity contribution < 1.29 is 46.5 Å². The number of hydrogen-bond donors (Lipinski definition) is 4. The number of halogens is 4. The minimum Gasteiger partial charge on any atom is -0.481 e. The Bertz CT molecular complexity index is 1280. The second-order valence-electron chi connectivity index (χ2n) is 8.45. The zero-order valence-electron chi connectivity index (χ0n) is 20.8. The normalized spacial score (nSPS) is 17.7. The summed E-state index contributed by atoms with van der Waals surface area (Å²) in [6.07, 6.45) is -0.310. The van der Waals surface area contributed by atoms with Gasteiger partial charge in [0.2, 0.25) is 17.5 Å². The lowest BCUT2D eigenvalue weighted by molar-refractivity contribution is -0.140. The van der Waals surface area contributed by atoms with Crippen LogP contribution in [0.2, 0.25) is 0 Å². The molecule has 1 aliphatic rings. The maximum Gasteiger partial charge on any atom is 0.305 e. The summed E-state index contributed by atoms with van der Waals surface area (Å²) < 4.78 is 65.5. The minimum atomic E-state index is -1.90. The number of carboxylic acid groups (broad SMARTS) is 1. The molecule has 2 heterocycles. The van der Waals surface area contributed by atoms with Crippen LogP contribution in [0.5, 0.6) is 5.75 Å². The molecule has 1 saturated heterocycles. The molecule has 212 valence electrons. The zero-order valence-corrected chi connectivity index (χ0v) is 20.8. The first-order chi connectivity index (χ1) is 18.5. The van der Waals surface area contributed by atoms with Crippen molar-refractivity contribution in [2.24, 2.45) is 0 Å². The maximum absolute atomic E-state index is 13.8. The van der Waals surface area contributed by atoms with Gasteiger partial charge in [-0.3, -0.25) is 24.5 Å². The number of nitrogens with zero attached hydrogens (tertiary/aromatic N) is 1. The summed E-state index contributed by atoms with van der Waals surface area (Å²) >= 11 is 0. The Kier molecular flexibility index (Phi) is 9.64. The molecule has 1 aromatic carbocycles. The quantitative estimate of drug-likeness (QED) is 0.154. The molecule has 1 fully saturated rings. The van der Waals surface area contributed by atoms with Crippen LogP contribution in [0, 0.1) is 23.3 Å². The predicted molar refractivity (Wildman–Crippen MR) is 127 cm³/mol. The third-order valence-corrected chi connectivity index (χ3v) is 5.71. The summed E-state index contributed by atoms with van der Waals surface area (Å²) in [4.78, 5) is 50.0. The van der Waals surface area contributed by atoms with Crippen LogP contribution >= 0.6 is 0 Å². The topological polar surface area (TPSA) is 151 Å². The van der Waals surface area contributed by atoms with E-state index < -0.39 is 83.6 Å². The van der Waals surface area contributed by atoms with Crippen molar-refractivity contribution in [3.05, 3.63) is 58.0 Å². The van der Waals surface area contributed by atoms with Gasteiger partial charge in [0, 0.05) is 12.3 Å². The number of nitrogens with one attached hydrogen (secondary N) is 3. The second kappa shape index (κ2) is 12.7. The fourth-order valence-corrected chi connectivity index (χ4v) is 3.72. The first-order valence-electron chi connectivity index (χ1n) is 11.9. The number of epoxide rings is 1. The Morgan fingerprint density at radius 3 is 2.38 bits per heavy atom. The van der Waals surface area contributed by atoms with Gasteiger partial charge < -0.3 is 29.8 Å². The minimum absolute atomic E-state index is 0.0533. The molecule has 2 unspecified atom stereocenters. The molecule has 1 amide bonds. The van der Waals surface area contributed by atoms with E-state index in [1.54, 1.807) is 6.92 Å². The van der Waals surface area contributed by atoms with Crippen molar-refractivity contribution in [2.75, 3.05) is 18.5 Å².